The molecule has 2 atom stereocenters. The summed E-state index contributed by atoms with van der Waals surface area (Å²) in [5.41, 5.74) is 1.02. The van der Waals surface area contributed by atoms with E-state index in [2.05, 4.69) is 10.1 Å². The van der Waals surface area contributed by atoms with Crippen LogP contribution < -0.4 is 0 Å². The summed E-state index contributed by atoms with van der Waals surface area (Å²) in [7, 11) is 0. The maximum atomic E-state index is 12.9. The van der Waals surface area contributed by atoms with Gasteiger partial charge in [0.15, 0.2) is 5.76 Å². The second-order valence-electron chi connectivity index (χ2n) is 8.61. The molecule has 1 aromatic carbocycles. The lowest BCUT2D eigenvalue weighted by Gasteiger charge is -2.27. The van der Waals surface area contributed by atoms with Crippen LogP contribution in [-0.2, 0) is 9.47 Å². The van der Waals surface area contributed by atoms with Gasteiger partial charge < -0.3 is 14.0 Å². The average Bonchev–Trinajstić information content (AvgIpc) is 3.41. The first-order valence-corrected chi connectivity index (χ1v) is 10.4. The highest BCUT2D eigenvalue weighted by Crippen LogP contribution is 2.36. The molecule has 8 heteroatoms. The molecule has 0 unspecified atom stereocenters. The van der Waals surface area contributed by atoms with Gasteiger partial charge in [-0.2, -0.15) is 0 Å². The SMILES string of the molecule is CC(C)(C)OC(=O)N1C[C@@H](OC(=O)c2ccccc2)C[C@H]1c1cc(-c2ccccn2)no1. The zero-order valence-corrected chi connectivity index (χ0v) is 18.2. The fraction of sp³-hybridized carbons (Fsp3) is 0.333. The van der Waals surface area contributed by atoms with Gasteiger partial charge >= 0.3 is 12.1 Å². The van der Waals surface area contributed by atoms with Gasteiger partial charge in [-0.05, 0) is 45.0 Å². The Bertz CT molecular complexity index is 1080. The average molecular weight is 435 g/mol. The molecule has 0 radical (unpaired) electrons. The first-order chi connectivity index (χ1) is 15.3. The molecule has 1 fully saturated rings. The van der Waals surface area contributed by atoms with Gasteiger partial charge in [0, 0.05) is 18.7 Å². The molecule has 1 amide bonds. The largest absolute Gasteiger partial charge is 0.457 e. The van der Waals surface area contributed by atoms with E-state index in [4.69, 9.17) is 14.0 Å². The topological polar surface area (TPSA) is 94.8 Å². The van der Waals surface area contributed by atoms with Crippen molar-refractivity contribution in [2.24, 2.45) is 0 Å². The molecule has 1 aliphatic rings. The standard InChI is InChI=1S/C24H25N3O5/c1-24(2,3)31-23(29)27-15-17(30-22(28)16-9-5-4-6-10-16)13-20(27)21-14-19(26-32-21)18-11-7-8-12-25-18/h4-12,14,17,20H,13,15H2,1-3H3/t17-,20-/m0/s1. The van der Waals surface area contributed by atoms with Crippen LogP contribution in [0.25, 0.3) is 11.4 Å². The third kappa shape index (κ3) is 4.96. The summed E-state index contributed by atoms with van der Waals surface area (Å²) in [6.07, 6.45) is 1.03. The number of likely N-dealkylation sites (tertiary alicyclic amines) is 1. The lowest BCUT2D eigenvalue weighted by atomic mass is 10.1. The molecule has 1 aliphatic heterocycles. The van der Waals surface area contributed by atoms with Gasteiger partial charge in [-0.15, -0.1) is 0 Å². The molecular formula is C24H25N3O5. The fourth-order valence-electron chi connectivity index (χ4n) is 3.55. The van der Waals surface area contributed by atoms with E-state index in [1.165, 1.54) is 4.90 Å². The normalized spacial score (nSPS) is 18.4. The summed E-state index contributed by atoms with van der Waals surface area (Å²) in [4.78, 5) is 31.3. The van der Waals surface area contributed by atoms with E-state index in [-0.39, 0.29) is 6.54 Å². The van der Waals surface area contributed by atoms with Crippen molar-refractivity contribution in [1.82, 2.24) is 15.0 Å². The maximum Gasteiger partial charge on any atom is 0.411 e. The van der Waals surface area contributed by atoms with Gasteiger partial charge in [0.2, 0.25) is 0 Å². The highest BCUT2D eigenvalue weighted by atomic mass is 16.6. The lowest BCUT2D eigenvalue weighted by Crippen LogP contribution is -2.37. The van der Waals surface area contributed by atoms with Crippen molar-refractivity contribution in [3.8, 4) is 11.4 Å². The number of pyridine rings is 1. The van der Waals surface area contributed by atoms with Crippen LogP contribution in [-0.4, -0.2) is 45.4 Å². The molecule has 0 aliphatic carbocycles. The molecule has 2 aromatic heterocycles. The molecule has 3 heterocycles. The van der Waals surface area contributed by atoms with E-state index >= 15 is 0 Å². The predicted octanol–water partition coefficient (Wildman–Crippen LogP) is 4.64. The van der Waals surface area contributed by atoms with Crippen molar-refractivity contribution in [2.45, 2.75) is 44.9 Å². The summed E-state index contributed by atoms with van der Waals surface area (Å²) in [5, 5.41) is 4.11. The number of carbonyl (C=O) groups is 2. The smallest absolute Gasteiger partial charge is 0.411 e. The number of aromatic nitrogens is 2. The van der Waals surface area contributed by atoms with Crippen molar-refractivity contribution in [3.63, 3.8) is 0 Å². The molecule has 0 spiro atoms. The second kappa shape index (κ2) is 8.82. The van der Waals surface area contributed by atoms with Crippen LogP contribution in [0.3, 0.4) is 0 Å². The first-order valence-electron chi connectivity index (χ1n) is 10.4. The quantitative estimate of drug-likeness (QED) is 0.551. The van der Waals surface area contributed by atoms with Gasteiger partial charge in [0.05, 0.1) is 23.8 Å². The number of rotatable bonds is 4. The van der Waals surface area contributed by atoms with Gasteiger partial charge in [0.25, 0.3) is 0 Å². The van der Waals surface area contributed by atoms with Crippen LogP contribution in [0.15, 0.2) is 65.3 Å². The molecular weight excluding hydrogens is 410 g/mol. The Labute approximate surface area is 186 Å². The zero-order valence-electron chi connectivity index (χ0n) is 18.2. The summed E-state index contributed by atoms with van der Waals surface area (Å²) >= 11 is 0. The third-order valence-electron chi connectivity index (χ3n) is 4.96. The molecule has 166 valence electrons. The summed E-state index contributed by atoms with van der Waals surface area (Å²) < 4.78 is 16.8. The highest BCUT2D eigenvalue weighted by molar-refractivity contribution is 5.89. The Hall–Kier alpha value is -3.68. The maximum absolute atomic E-state index is 12.9. The number of hydrogen-bond donors (Lipinski definition) is 0. The number of benzene rings is 1. The molecule has 0 saturated carbocycles. The van der Waals surface area contributed by atoms with Crippen molar-refractivity contribution in [2.75, 3.05) is 6.54 Å². The van der Waals surface area contributed by atoms with Gasteiger partial charge in [-0.3, -0.25) is 9.88 Å². The summed E-state index contributed by atoms with van der Waals surface area (Å²) in [6.45, 7) is 5.60. The van der Waals surface area contributed by atoms with Gasteiger partial charge in [-0.1, -0.05) is 29.4 Å². The van der Waals surface area contributed by atoms with E-state index in [0.29, 0.717) is 29.1 Å². The number of hydrogen-bond acceptors (Lipinski definition) is 7. The van der Waals surface area contributed by atoms with Crippen molar-refractivity contribution in [3.05, 3.63) is 72.1 Å². The monoisotopic (exact) mass is 435 g/mol. The van der Waals surface area contributed by atoms with Crippen LogP contribution in [0.2, 0.25) is 0 Å². The minimum absolute atomic E-state index is 0.192. The molecule has 3 aromatic rings. The molecule has 0 bridgehead atoms. The molecule has 0 N–H and O–H groups in total. The van der Waals surface area contributed by atoms with Crippen molar-refractivity contribution >= 4 is 12.1 Å². The first kappa shape index (κ1) is 21.5. The van der Waals surface area contributed by atoms with E-state index in [1.54, 1.807) is 57.3 Å². The number of carbonyl (C=O) groups excluding carboxylic acids is 2. The number of esters is 1. The summed E-state index contributed by atoms with van der Waals surface area (Å²) in [5.74, 6) is 0.0434. The fourth-order valence-corrected chi connectivity index (χ4v) is 3.55. The number of ether oxygens (including phenoxy) is 2. The van der Waals surface area contributed by atoms with Crippen LogP contribution in [0.5, 0.6) is 0 Å². The molecule has 1 saturated heterocycles. The number of nitrogens with zero attached hydrogens (tertiary/aromatic N) is 3. The molecule has 4 rings (SSSR count). The molecule has 32 heavy (non-hydrogen) atoms. The van der Waals surface area contributed by atoms with Crippen molar-refractivity contribution in [1.29, 1.82) is 0 Å². The Balaban J connectivity index is 1.56. The minimum atomic E-state index is -0.666. The van der Waals surface area contributed by atoms with E-state index in [0.717, 1.165) is 0 Å². The van der Waals surface area contributed by atoms with Crippen molar-refractivity contribution < 1.29 is 23.6 Å². The second-order valence-corrected chi connectivity index (χ2v) is 8.61. The predicted molar refractivity (Wildman–Crippen MR) is 116 cm³/mol. The van der Waals surface area contributed by atoms with Crippen LogP contribution >= 0.6 is 0 Å². The Kier molecular flexibility index (Phi) is 5.94. The Morgan fingerprint density at radius 2 is 1.81 bits per heavy atom. The van der Waals surface area contributed by atoms with E-state index in [9.17, 15) is 9.59 Å². The van der Waals surface area contributed by atoms with Gasteiger partial charge in [0.1, 0.15) is 17.4 Å². The molecule has 8 nitrogen and oxygen atoms in total. The lowest BCUT2D eigenvalue weighted by molar-refractivity contribution is 0.0147. The minimum Gasteiger partial charge on any atom is -0.457 e. The van der Waals surface area contributed by atoms with E-state index in [1.807, 2.05) is 24.3 Å². The highest BCUT2D eigenvalue weighted by Gasteiger charge is 2.42. The number of amides is 1. The van der Waals surface area contributed by atoms with Crippen LogP contribution in [0, 0.1) is 0 Å². The Morgan fingerprint density at radius 3 is 2.50 bits per heavy atom. The Morgan fingerprint density at radius 1 is 1.06 bits per heavy atom. The van der Waals surface area contributed by atoms with Crippen LogP contribution in [0.4, 0.5) is 4.79 Å². The van der Waals surface area contributed by atoms with Gasteiger partial charge in [-0.25, -0.2) is 9.59 Å². The zero-order chi connectivity index (χ0) is 22.7. The van der Waals surface area contributed by atoms with E-state index < -0.39 is 29.8 Å². The third-order valence-corrected chi connectivity index (χ3v) is 4.96. The van der Waals surface area contributed by atoms with Crippen LogP contribution in [0.1, 0.15) is 49.4 Å². The summed E-state index contributed by atoms with van der Waals surface area (Å²) in [6, 6.07) is 15.5.